The first-order chi connectivity index (χ1) is 16.3. The van der Waals surface area contributed by atoms with Gasteiger partial charge in [-0.2, -0.15) is 0 Å². The fourth-order valence-corrected chi connectivity index (χ4v) is 3.91. The molecule has 4 aromatic carbocycles. The summed E-state index contributed by atoms with van der Waals surface area (Å²) in [6, 6.07) is 33.2. The summed E-state index contributed by atoms with van der Waals surface area (Å²) >= 11 is 0. The summed E-state index contributed by atoms with van der Waals surface area (Å²) in [5.41, 5.74) is 7.12. The summed E-state index contributed by atoms with van der Waals surface area (Å²) in [4.78, 5) is 0. The van der Waals surface area contributed by atoms with E-state index >= 15 is 0 Å². The predicted molar refractivity (Wildman–Crippen MR) is 138 cm³/mol. The van der Waals surface area contributed by atoms with Crippen LogP contribution in [0.4, 0.5) is 0 Å². The maximum atomic E-state index is 6.21. The van der Waals surface area contributed by atoms with Crippen molar-refractivity contribution in [1.82, 2.24) is 0 Å². The molecule has 0 spiro atoms. The highest BCUT2D eigenvalue weighted by molar-refractivity contribution is 5.78. The predicted octanol–water partition coefficient (Wildman–Crippen LogP) is 8.11. The highest BCUT2D eigenvalue weighted by Gasteiger charge is 2.11. The van der Waals surface area contributed by atoms with Crippen LogP contribution in [-0.4, -0.2) is 0 Å². The Morgan fingerprint density at radius 1 is 0.667 bits per heavy atom. The van der Waals surface area contributed by atoms with Crippen molar-refractivity contribution in [3.05, 3.63) is 125 Å². The number of aryl methyl sites for hydroxylation is 1. The number of benzene rings is 4. The van der Waals surface area contributed by atoms with E-state index in [9.17, 15) is 0 Å². The average molecular weight is 435 g/mol. The maximum Gasteiger partial charge on any atom is 0.124 e. The first-order valence-corrected chi connectivity index (χ1v) is 11.5. The Balaban J connectivity index is 1.69. The second-order valence-corrected chi connectivity index (χ2v) is 7.97. The fraction of sp³-hybridized carbons (Fsp3) is 0.161. The Hall–Kier alpha value is -3.78. The molecule has 0 aliphatic rings. The molecule has 0 saturated heterocycles. The summed E-state index contributed by atoms with van der Waals surface area (Å²) < 4.78 is 12.4. The third kappa shape index (κ3) is 5.93. The van der Waals surface area contributed by atoms with Gasteiger partial charge in [-0.15, -0.1) is 0 Å². The molecule has 0 fully saturated rings. The lowest BCUT2D eigenvalue weighted by molar-refractivity contribution is 0.290. The second-order valence-electron chi connectivity index (χ2n) is 7.97. The molecule has 0 heterocycles. The topological polar surface area (TPSA) is 18.5 Å². The van der Waals surface area contributed by atoms with E-state index in [4.69, 9.17) is 9.47 Å². The quantitative estimate of drug-likeness (QED) is 0.265. The Morgan fingerprint density at radius 3 is 1.76 bits per heavy atom. The molecule has 0 atom stereocenters. The van der Waals surface area contributed by atoms with E-state index in [1.54, 1.807) is 0 Å². The van der Waals surface area contributed by atoms with Gasteiger partial charge in [0.25, 0.3) is 0 Å². The van der Waals surface area contributed by atoms with Gasteiger partial charge in [0, 0.05) is 6.07 Å². The Bertz CT molecular complexity index is 1130. The molecule has 33 heavy (non-hydrogen) atoms. The van der Waals surface area contributed by atoms with E-state index in [2.05, 4.69) is 80.6 Å². The molecular formula is C31H30O2. The van der Waals surface area contributed by atoms with E-state index in [-0.39, 0.29) is 0 Å². The molecule has 0 aliphatic carbocycles. The molecule has 0 aromatic heterocycles. The SMILES string of the molecule is C/C=C\c1c(CC)cccc1-c1cc(OCc2ccccc2)cc(OCc2ccccc2)c1. The smallest absolute Gasteiger partial charge is 0.124 e. The minimum Gasteiger partial charge on any atom is -0.489 e. The minimum atomic E-state index is 0.513. The van der Waals surface area contributed by atoms with Crippen molar-refractivity contribution in [2.24, 2.45) is 0 Å². The molecule has 4 aromatic rings. The van der Waals surface area contributed by atoms with Gasteiger partial charge < -0.3 is 9.47 Å². The molecule has 0 saturated carbocycles. The zero-order valence-corrected chi connectivity index (χ0v) is 19.3. The highest BCUT2D eigenvalue weighted by atomic mass is 16.5. The number of ether oxygens (including phenoxy) is 2. The molecule has 0 radical (unpaired) electrons. The van der Waals surface area contributed by atoms with Gasteiger partial charge in [-0.05, 0) is 58.9 Å². The summed E-state index contributed by atoms with van der Waals surface area (Å²) in [5.74, 6) is 1.60. The molecule has 0 bridgehead atoms. The number of rotatable bonds is 9. The lowest BCUT2D eigenvalue weighted by Crippen LogP contribution is -1.99. The number of hydrogen-bond donors (Lipinski definition) is 0. The van der Waals surface area contributed by atoms with E-state index in [1.165, 1.54) is 16.7 Å². The molecule has 0 unspecified atom stereocenters. The van der Waals surface area contributed by atoms with Gasteiger partial charge >= 0.3 is 0 Å². The molecule has 2 nitrogen and oxygen atoms in total. The van der Waals surface area contributed by atoms with Gasteiger partial charge in [0.15, 0.2) is 0 Å². The van der Waals surface area contributed by atoms with Gasteiger partial charge in [-0.3, -0.25) is 0 Å². The van der Waals surface area contributed by atoms with Gasteiger partial charge in [0.2, 0.25) is 0 Å². The van der Waals surface area contributed by atoms with Crippen molar-refractivity contribution in [3.8, 4) is 22.6 Å². The molecular weight excluding hydrogens is 404 g/mol. The third-order valence-electron chi connectivity index (χ3n) is 5.60. The third-order valence-corrected chi connectivity index (χ3v) is 5.60. The zero-order chi connectivity index (χ0) is 22.9. The Kier molecular flexibility index (Phi) is 7.60. The average Bonchev–Trinajstić information content (AvgIpc) is 2.87. The van der Waals surface area contributed by atoms with Gasteiger partial charge in [0.1, 0.15) is 24.7 Å². The standard InChI is InChI=1S/C31H30O2/c1-3-12-30-26(4-2)17-11-18-31(30)27-19-28(32-22-24-13-7-5-8-14-24)21-29(20-27)33-23-25-15-9-6-10-16-25/h3,5-21H,4,22-23H2,1-2H3/b12-3-. The summed E-state index contributed by atoms with van der Waals surface area (Å²) in [6.45, 7) is 5.28. The van der Waals surface area contributed by atoms with Crippen molar-refractivity contribution in [3.63, 3.8) is 0 Å². The maximum absolute atomic E-state index is 6.21. The minimum absolute atomic E-state index is 0.513. The fourth-order valence-electron chi connectivity index (χ4n) is 3.91. The van der Waals surface area contributed by atoms with Crippen LogP contribution < -0.4 is 9.47 Å². The van der Waals surface area contributed by atoms with Crippen LogP contribution in [0.25, 0.3) is 17.2 Å². The van der Waals surface area contributed by atoms with Crippen molar-refractivity contribution >= 4 is 6.08 Å². The Morgan fingerprint density at radius 2 is 1.24 bits per heavy atom. The largest absolute Gasteiger partial charge is 0.489 e. The van der Waals surface area contributed by atoms with Crippen molar-refractivity contribution in [2.75, 3.05) is 0 Å². The lowest BCUT2D eigenvalue weighted by atomic mass is 9.93. The van der Waals surface area contributed by atoms with Crippen molar-refractivity contribution in [2.45, 2.75) is 33.5 Å². The summed E-state index contributed by atoms with van der Waals surface area (Å²) in [5, 5.41) is 0. The molecule has 0 N–H and O–H groups in total. The van der Waals surface area contributed by atoms with Crippen LogP contribution in [0.15, 0.2) is 103 Å². The van der Waals surface area contributed by atoms with Crippen LogP contribution >= 0.6 is 0 Å². The van der Waals surface area contributed by atoms with E-state index in [0.717, 1.165) is 34.6 Å². The normalized spacial score (nSPS) is 11.0. The van der Waals surface area contributed by atoms with Crippen LogP contribution in [0.3, 0.4) is 0 Å². The zero-order valence-electron chi connectivity index (χ0n) is 19.3. The van der Waals surface area contributed by atoms with Gasteiger partial charge in [0.05, 0.1) is 0 Å². The molecule has 2 heteroatoms. The monoisotopic (exact) mass is 434 g/mol. The van der Waals surface area contributed by atoms with Crippen LogP contribution in [0.1, 0.15) is 36.1 Å². The molecule has 0 aliphatic heterocycles. The van der Waals surface area contributed by atoms with E-state index < -0.39 is 0 Å². The van der Waals surface area contributed by atoms with E-state index in [1.807, 2.05) is 42.5 Å². The van der Waals surface area contributed by atoms with Crippen molar-refractivity contribution < 1.29 is 9.47 Å². The van der Waals surface area contributed by atoms with Crippen LogP contribution in [0.2, 0.25) is 0 Å². The Labute approximate surface area is 197 Å². The van der Waals surface area contributed by atoms with Crippen LogP contribution in [-0.2, 0) is 19.6 Å². The van der Waals surface area contributed by atoms with Gasteiger partial charge in [-0.25, -0.2) is 0 Å². The van der Waals surface area contributed by atoms with Crippen LogP contribution in [0, 0.1) is 0 Å². The second kappa shape index (κ2) is 11.2. The summed E-state index contributed by atoms with van der Waals surface area (Å²) in [6.07, 6.45) is 5.27. The molecule has 166 valence electrons. The van der Waals surface area contributed by atoms with E-state index in [0.29, 0.717) is 13.2 Å². The first-order valence-electron chi connectivity index (χ1n) is 11.5. The summed E-state index contributed by atoms with van der Waals surface area (Å²) in [7, 11) is 0. The highest BCUT2D eigenvalue weighted by Crippen LogP contribution is 2.34. The first kappa shape index (κ1) is 22.4. The number of allylic oxidation sites excluding steroid dienone is 1. The van der Waals surface area contributed by atoms with Gasteiger partial charge in [-0.1, -0.05) is 97.9 Å². The van der Waals surface area contributed by atoms with Crippen molar-refractivity contribution in [1.29, 1.82) is 0 Å². The number of hydrogen-bond acceptors (Lipinski definition) is 2. The van der Waals surface area contributed by atoms with Crippen LogP contribution in [0.5, 0.6) is 11.5 Å². The lowest BCUT2D eigenvalue weighted by Gasteiger charge is -2.16. The molecule has 0 amide bonds. The molecule has 4 rings (SSSR count).